The largest absolute Gasteiger partial charge is 0.494 e. The summed E-state index contributed by atoms with van der Waals surface area (Å²) in [6.07, 6.45) is 2.73. The van der Waals surface area contributed by atoms with Gasteiger partial charge in [0.1, 0.15) is 11.4 Å². The van der Waals surface area contributed by atoms with Crippen molar-refractivity contribution >= 4 is 11.6 Å². The van der Waals surface area contributed by atoms with Crippen molar-refractivity contribution in [2.45, 2.75) is 52.6 Å². The van der Waals surface area contributed by atoms with Gasteiger partial charge in [0.15, 0.2) is 0 Å². The lowest BCUT2D eigenvalue weighted by molar-refractivity contribution is -0.139. The van der Waals surface area contributed by atoms with Crippen LogP contribution in [0, 0.1) is 0 Å². The monoisotopic (exact) mass is 293 g/mol. The van der Waals surface area contributed by atoms with Crippen LogP contribution in [0.5, 0.6) is 5.75 Å². The van der Waals surface area contributed by atoms with Gasteiger partial charge in [0.2, 0.25) is 0 Å². The number of hydrogen-bond acceptors (Lipinski definition) is 3. The Morgan fingerprint density at radius 2 is 1.81 bits per heavy atom. The molecule has 0 saturated carbocycles. The number of ether oxygens (including phenoxy) is 2. The van der Waals surface area contributed by atoms with Gasteiger partial charge in [0.05, 0.1) is 6.61 Å². The molecule has 1 N–H and O–H groups in total. The summed E-state index contributed by atoms with van der Waals surface area (Å²) in [6.45, 7) is 8.97. The van der Waals surface area contributed by atoms with Gasteiger partial charge in [-0.2, -0.15) is 0 Å². The Labute approximate surface area is 127 Å². The first-order valence-corrected chi connectivity index (χ1v) is 7.74. The van der Waals surface area contributed by atoms with E-state index in [2.05, 4.69) is 12.2 Å². The van der Waals surface area contributed by atoms with Crippen LogP contribution in [0.25, 0.3) is 0 Å². The second-order valence-electron chi connectivity index (χ2n) is 5.18. The standard InChI is InChI=1S/C17H27NO3/c1-5-8-13-17(4,21-7-3)16(19)18-14-9-11-15(12-10-14)20-6-2/h9-12H,5-8,13H2,1-4H3,(H,18,19). The van der Waals surface area contributed by atoms with Crippen LogP contribution in [-0.4, -0.2) is 24.7 Å². The molecule has 21 heavy (non-hydrogen) atoms. The molecule has 0 aliphatic rings. The highest BCUT2D eigenvalue weighted by atomic mass is 16.5. The van der Waals surface area contributed by atoms with Crippen LogP contribution in [0.3, 0.4) is 0 Å². The zero-order valence-electron chi connectivity index (χ0n) is 13.6. The molecule has 1 amide bonds. The number of anilines is 1. The van der Waals surface area contributed by atoms with Gasteiger partial charge in [0, 0.05) is 12.3 Å². The zero-order valence-corrected chi connectivity index (χ0v) is 13.6. The first kappa shape index (κ1) is 17.5. The Morgan fingerprint density at radius 1 is 1.14 bits per heavy atom. The zero-order chi connectivity index (χ0) is 15.7. The lowest BCUT2D eigenvalue weighted by atomic mass is 9.97. The Hall–Kier alpha value is -1.55. The van der Waals surface area contributed by atoms with Crippen LogP contribution in [0.1, 0.15) is 47.0 Å². The van der Waals surface area contributed by atoms with Crippen LogP contribution in [0.4, 0.5) is 5.69 Å². The van der Waals surface area contributed by atoms with Crippen LogP contribution in [0.2, 0.25) is 0 Å². The van der Waals surface area contributed by atoms with E-state index in [1.54, 1.807) is 0 Å². The number of carbonyl (C=O) groups excluding carboxylic acids is 1. The first-order chi connectivity index (χ1) is 10.1. The molecule has 0 fully saturated rings. The summed E-state index contributed by atoms with van der Waals surface area (Å²) in [7, 11) is 0. The summed E-state index contributed by atoms with van der Waals surface area (Å²) in [4.78, 5) is 12.5. The van der Waals surface area contributed by atoms with Crippen LogP contribution in [-0.2, 0) is 9.53 Å². The van der Waals surface area contributed by atoms with Crippen molar-refractivity contribution in [2.75, 3.05) is 18.5 Å². The molecule has 1 aromatic rings. The third-order valence-electron chi connectivity index (χ3n) is 3.37. The molecule has 0 radical (unpaired) electrons. The molecule has 1 atom stereocenters. The van der Waals surface area contributed by atoms with E-state index in [4.69, 9.17) is 9.47 Å². The number of hydrogen-bond donors (Lipinski definition) is 1. The molecule has 0 aliphatic heterocycles. The summed E-state index contributed by atoms with van der Waals surface area (Å²) in [5.74, 6) is 0.705. The second-order valence-corrected chi connectivity index (χ2v) is 5.18. The van der Waals surface area contributed by atoms with Crippen LogP contribution in [0.15, 0.2) is 24.3 Å². The van der Waals surface area contributed by atoms with Crippen molar-refractivity contribution < 1.29 is 14.3 Å². The molecule has 0 aromatic heterocycles. The topological polar surface area (TPSA) is 47.6 Å². The number of carbonyl (C=O) groups is 1. The molecular formula is C17H27NO3. The molecule has 0 heterocycles. The fourth-order valence-electron chi connectivity index (χ4n) is 2.15. The highest BCUT2D eigenvalue weighted by molar-refractivity contribution is 5.97. The molecule has 4 heteroatoms. The molecule has 1 rings (SSSR count). The molecular weight excluding hydrogens is 266 g/mol. The first-order valence-electron chi connectivity index (χ1n) is 7.74. The molecule has 0 aliphatic carbocycles. The summed E-state index contributed by atoms with van der Waals surface area (Å²) in [5.41, 5.74) is -0.0190. The highest BCUT2D eigenvalue weighted by Gasteiger charge is 2.33. The molecule has 118 valence electrons. The Balaban J connectivity index is 2.71. The van der Waals surface area contributed by atoms with Crippen molar-refractivity contribution in [1.29, 1.82) is 0 Å². The van der Waals surface area contributed by atoms with Gasteiger partial charge >= 0.3 is 0 Å². The average molecular weight is 293 g/mol. The van der Waals surface area contributed by atoms with Crippen molar-refractivity contribution in [3.63, 3.8) is 0 Å². The number of unbranched alkanes of at least 4 members (excludes halogenated alkanes) is 1. The number of benzene rings is 1. The maximum atomic E-state index is 12.5. The predicted molar refractivity (Wildman–Crippen MR) is 85.8 cm³/mol. The molecule has 1 unspecified atom stereocenters. The minimum atomic E-state index is -0.774. The maximum absolute atomic E-state index is 12.5. The van der Waals surface area contributed by atoms with E-state index >= 15 is 0 Å². The molecule has 4 nitrogen and oxygen atoms in total. The van der Waals surface area contributed by atoms with Crippen molar-refractivity contribution in [3.8, 4) is 5.75 Å². The molecule has 0 spiro atoms. The van der Waals surface area contributed by atoms with Crippen LogP contribution < -0.4 is 10.1 Å². The highest BCUT2D eigenvalue weighted by Crippen LogP contribution is 2.22. The van der Waals surface area contributed by atoms with E-state index in [1.807, 2.05) is 45.0 Å². The van der Waals surface area contributed by atoms with Crippen LogP contribution >= 0.6 is 0 Å². The van der Waals surface area contributed by atoms with E-state index < -0.39 is 5.60 Å². The summed E-state index contributed by atoms with van der Waals surface area (Å²) in [5, 5.41) is 2.93. The Bertz CT molecular complexity index is 430. The minimum absolute atomic E-state index is 0.0954. The maximum Gasteiger partial charge on any atom is 0.256 e. The minimum Gasteiger partial charge on any atom is -0.494 e. The summed E-state index contributed by atoms with van der Waals surface area (Å²) < 4.78 is 11.1. The van der Waals surface area contributed by atoms with Gasteiger partial charge in [-0.25, -0.2) is 0 Å². The Kier molecular flexibility index (Phi) is 7.23. The normalized spacial score (nSPS) is 13.5. The number of amides is 1. The van der Waals surface area contributed by atoms with E-state index in [0.29, 0.717) is 13.2 Å². The SMILES string of the molecule is CCCCC(C)(OCC)C(=O)Nc1ccc(OCC)cc1. The quantitative estimate of drug-likeness (QED) is 0.748. The van der Waals surface area contributed by atoms with Crippen molar-refractivity contribution in [3.05, 3.63) is 24.3 Å². The lowest BCUT2D eigenvalue weighted by Gasteiger charge is -2.28. The van der Waals surface area contributed by atoms with Gasteiger partial charge in [-0.3, -0.25) is 4.79 Å². The van der Waals surface area contributed by atoms with E-state index in [0.717, 1.165) is 30.7 Å². The van der Waals surface area contributed by atoms with E-state index in [1.165, 1.54) is 0 Å². The van der Waals surface area contributed by atoms with Gasteiger partial charge in [0.25, 0.3) is 5.91 Å². The average Bonchev–Trinajstić information content (AvgIpc) is 2.47. The third kappa shape index (κ3) is 5.38. The summed E-state index contributed by atoms with van der Waals surface area (Å²) in [6, 6.07) is 7.39. The fourth-order valence-corrected chi connectivity index (χ4v) is 2.15. The van der Waals surface area contributed by atoms with Gasteiger partial charge in [-0.15, -0.1) is 0 Å². The lowest BCUT2D eigenvalue weighted by Crippen LogP contribution is -2.42. The van der Waals surface area contributed by atoms with E-state index in [-0.39, 0.29) is 5.91 Å². The van der Waals surface area contributed by atoms with Gasteiger partial charge in [-0.05, 0) is 51.5 Å². The molecule has 0 bridgehead atoms. The second kappa shape index (κ2) is 8.67. The van der Waals surface area contributed by atoms with E-state index in [9.17, 15) is 4.79 Å². The smallest absolute Gasteiger partial charge is 0.256 e. The third-order valence-corrected chi connectivity index (χ3v) is 3.37. The van der Waals surface area contributed by atoms with Crippen molar-refractivity contribution in [2.24, 2.45) is 0 Å². The van der Waals surface area contributed by atoms with Crippen molar-refractivity contribution in [1.82, 2.24) is 0 Å². The molecule has 1 aromatic carbocycles. The van der Waals surface area contributed by atoms with Gasteiger partial charge < -0.3 is 14.8 Å². The Morgan fingerprint density at radius 3 is 2.33 bits per heavy atom. The van der Waals surface area contributed by atoms with Gasteiger partial charge in [-0.1, -0.05) is 19.8 Å². The number of rotatable bonds is 9. The summed E-state index contributed by atoms with van der Waals surface area (Å²) >= 11 is 0. The number of nitrogens with one attached hydrogen (secondary N) is 1. The predicted octanol–water partition coefficient (Wildman–Crippen LogP) is 4.01. The fraction of sp³-hybridized carbons (Fsp3) is 0.588. The molecule has 0 saturated heterocycles.